The predicted molar refractivity (Wildman–Crippen MR) is 167 cm³/mol. The van der Waals surface area contributed by atoms with Crippen molar-refractivity contribution in [2.24, 2.45) is 4.99 Å². The Hall–Kier alpha value is -4.39. The van der Waals surface area contributed by atoms with Crippen LogP contribution < -0.4 is 24.4 Å². The summed E-state index contributed by atoms with van der Waals surface area (Å²) in [5, 5.41) is 0. The lowest BCUT2D eigenvalue weighted by atomic mass is 9.93. The van der Waals surface area contributed by atoms with Gasteiger partial charge >= 0.3 is 5.97 Å². The van der Waals surface area contributed by atoms with Gasteiger partial charge in [-0.05, 0) is 71.2 Å². The molecular formula is C33H27BrN2O5S. The predicted octanol–water partition coefficient (Wildman–Crippen LogP) is 5.11. The third kappa shape index (κ3) is 5.96. The maximum absolute atomic E-state index is 14.1. The minimum atomic E-state index is -0.764. The molecule has 1 atom stereocenters. The van der Waals surface area contributed by atoms with E-state index in [1.165, 1.54) is 11.3 Å². The minimum Gasteiger partial charge on any atom is -0.494 e. The molecule has 0 amide bonds. The van der Waals surface area contributed by atoms with Gasteiger partial charge in [0.2, 0.25) is 0 Å². The Balaban J connectivity index is 1.73. The molecule has 7 nitrogen and oxygen atoms in total. The number of thiazole rings is 1. The zero-order chi connectivity index (χ0) is 29.6. The summed E-state index contributed by atoms with van der Waals surface area (Å²) in [5.74, 6) is 3.22. The summed E-state index contributed by atoms with van der Waals surface area (Å²) in [4.78, 5) is 33.0. The normalized spacial score (nSPS) is 14.5. The second kappa shape index (κ2) is 13.1. The number of aromatic nitrogens is 1. The van der Waals surface area contributed by atoms with E-state index >= 15 is 0 Å². The van der Waals surface area contributed by atoms with Crippen molar-refractivity contribution < 1.29 is 19.0 Å². The Morgan fingerprint density at radius 3 is 2.50 bits per heavy atom. The van der Waals surface area contributed by atoms with E-state index in [1.54, 1.807) is 23.6 Å². The quantitative estimate of drug-likeness (QED) is 0.187. The van der Waals surface area contributed by atoms with Crippen molar-refractivity contribution in [3.05, 3.63) is 119 Å². The van der Waals surface area contributed by atoms with Gasteiger partial charge in [-0.25, -0.2) is 9.79 Å². The molecule has 0 aliphatic carbocycles. The van der Waals surface area contributed by atoms with Crippen LogP contribution in [0.2, 0.25) is 0 Å². The van der Waals surface area contributed by atoms with Crippen molar-refractivity contribution in [1.29, 1.82) is 0 Å². The van der Waals surface area contributed by atoms with Crippen molar-refractivity contribution in [2.75, 3.05) is 19.8 Å². The van der Waals surface area contributed by atoms with Crippen LogP contribution >= 0.6 is 27.3 Å². The number of nitrogens with zero attached hydrogens (tertiary/aromatic N) is 2. The fourth-order valence-electron chi connectivity index (χ4n) is 4.66. The topological polar surface area (TPSA) is 79.1 Å². The van der Waals surface area contributed by atoms with Crippen LogP contribution in [0.25, 0.3) is 11.8 Å². The SMILES string of the molecule is C#CCOc1ccc(/C=c2\sc3n(c2=O)[C@@H](c2ccc(OCC)cc2)C(C(=O)OCC)=C(c2ccccc2)N=3)cc1Br. The van der Waals surface area contributed by atoms with Crippen molar-refractivity contribution in [3.63, 3.8) is 0 Å². The summed E-state index contributed by atoms with van der Waals surface area (Å²) in [7, 11) is 0. The molecule has 9 heteroatoms. The van der Waals surface area contributed by atoms with Gasteiger partial charge in [-0.1, -0.05) is 65.8 Å². The smallest absolute Gasteiger partial charge is 0.338 e. The van der Waals surface area contributed by atoms with Crippen LogP contribution in [0.5, 0.6) is 11.5 Å². The molecule has 1 aromatic heterocycles. The third-order valence-corrected chi connectivity index (χ3v) is 8.05. The van der Waals surface area contributed by atoms with Crippen LogP contribution in [0.4, 0.5) is 0 Å². The highest BCUT2D eigenvalue weighted by Gasteiger charge is 2.35. The molecule has 0 unspecified atom stereocenters. The van der Waals surface area contributed by atoms with Gasteiger partial charge in [0.25, 0.3) is 5.56 Å². The van der Waals surface area contributed by atoms with Gasteiger partial charge in [0.1, 0.15) is 18.1 Å². The van der Waals surface area contributed by atoms with E-state index in [-0.39, 0.29) is 18.8 Å². The molecule has 0 radical (unpaired) electrons. The third-order valence-electron chi connectivity index (χ3n) is 6.45. The van der Waals surface area contributed by atoms with Crippen molar-refractivity contribution in [2.45, 2.75) is 19.9 Å². The molecule has 0 spiro atoms. The summed E-state index contributed by atoms with van der Waals surface area (Å²) in [6.07, 6.45) is 7.11. The molecule has 0 N–H and O–H groups in total. The highest BCUT2D eigenvalue weighted by Crippen LogP contribution is 2.35. The molecule has 4 aromatic rings. The van der Waals surface area contributed by atoms with E-state index in [4.69, 9.17) is 25.6 Å². The van der Waals surface area contributed by atoms with E-state index in [1.807, 2.05) is 73.7 Å². The van der Waals surface area contributed by atoms with Crippen LogP contribution in [0.1, 0.15) is 36.6 Å². The fourth-order valence-corrected chi connectivity index (χ4v) is 6.18. The van der Waals surface area contributed by atoms with Gasteiger partial charge in [0, 0.05) is 5.56 Å². The van der Waals surface area contributed by atoms with Crippen molar-refractivity contribution >= 4 is 45.0 Å². The molecule has 0 saturated carbocycles. The monoisotopic (exact) mass is 642 g/mol. The zero-order valence-electron chi connectivity index (χ0n) is 23.0. The second-order valence-corrected chi connectivity index (χ2v) is 11.0. The van der Waals surface area contributed by atoms with Crippen LogP contribution in [0.15, 0.2) is 92.6 Å². The number of carbonyl (C=O) groups is 1. The number of esters is 1. The summed E-state index contributed by atoms with van der Waals surface area (Å²) in [6.45, 7) is 4.52. The number of ether oxygens (including phenoxy) is 3. The molecular weight excluding hydrogens is 616 g/mol. The minimum absolute atomic E-state index is 0.147. The Kier molecular flexibility index (Phi) is 9.06. The Morgan fingerprint density at radius 2 is 1.83 bits per heavy atom. The number of halogens is 1. The summed E-state index contributed by atoms with van der Waals surface area (Å²) < 4.78 is 19.5. The molecule has 2 heterocycles. The lowest BCUT2D eigenvalue weighted by Crippen LogP contribution is -2.40. The van der Waals surface area contributed by atoms with Crippen molar-refractivity contribution in [1.82, 2.24) is 4.57 Å². The molecule has 0 bridgehead atoms. The van der Waals surface area contributed by atoms with Gasteiger partial charge in [0.15, 0.2) is 4.80 Å². The largest absolute Gasteiger partial charge is 0.494 e. The maximum Gasteiger partial charge on any atom is 0.338 e. The van der Waals surface area contributed by atoms with E-state index in [9.17, 15) is 9.59 Å². The van der Waals surface area contributed by atoms with E-state index in [2.05, 4.69) is 21.9 Å². The number of hydrogen-bond acceptors (Lipinski definition) is 7. The standard InChI is InChI=1S/C33H27BrN2O5S/c1-4-18-41-26-17-12-21(19-25(26)34)20-27-31(37)36-30(23-13-15-24(16-14-23)39-5-2)28(32(38)40-6-3)29(35-33(36)42-27)22-10-8-7-9-11-22/h1,7-17,19-20,30H,5-6,18H2,2-3H3/b27-20-/t30-/m0/s1. The number of rotatable bonds is 9. The molecule has 3 aromatic carbocycles. The first-order chi connectivity index (χ1) is 20.4. The van der Waals surface area contributed by atoms with Crippen molar-refractivity contribution in [3.8, 4) is 23.8 Å². The molecule has 212 valence electrons. The first-order valence-electron chi connectivity index (χ1n) is 13.3. The molecule has 1 aliphatic heterocycles. The van der Waals surface area contributed by atoms with Crippen LogP contribution in [0, 0.1) is 12.3 Å². The number of fused-ring (bicyclic) bond motifs is 1. The van der Waals surface area contributed by atoms with Gasteiger partial charge in [-0.3, -0.25) is 9.36 Å². The fraction of sp³-hybridized carbons (Fsp3) is 0.182. The number of carbonyl (C=O) groups excluding carboxylic acids is 1. The Labute approximate surface area is 255 Å². The van der Waals surface area contributed by atoms with E-state index in [0.717, 1.165) is 16.7 Å². The highest BCUT2D eigenvalue weighted by molar-refractivity contribution is 9.10. The van der Waals surface area contributed by atoms with Gasteiger partial charge in [-0.15, -0.1) is 6.42 Å². The molecule has 5 rings (SSSR count). The highest BCUT2D eigenvalue weighted by atomic mass is 79.9. The average Bonchev–Trinajstić information content (AvgIpc) is 3.31. The van der Waals surface area contributed by atoms with Crippen LogP contribution in [-0.4, -0.2) is 30.4 Å². The lowest BCUT2D eigenvalue weighted by molar-refractivity contribution is -0.138. The Morgan fingerprint density at radius 1 is 1.07 bits per heavy atom. The maximum atomic E-state index is 14.1. The first kappa shape index (κ1) is 29.1. The zero-order valence-corrected chi connectivity index (χ0v) is 25.4. The summed E-state index contributed by atoms with van der Waals surface area (Å²) in [6, 6.07) is 21.6. The summed E-state index contributed by atoms with van der Waals surface area (Å²) in [5.41, 5.74) is 2.76. The van der Waals surface area contributed by atoms with Gasteiger partial charge in [-0.2, -0.15) is 0 Å². The summed E-state index contributed by atoms with van der Waals surface area (Å²) >= 11 is 4.78. The van der Waals surface area contributed by atoms with Crippen LogP contribution in [-0.2, 0) is 9.53 Å². The number of benzene rings is 3. The average molecular weight is 644 g/mol. The molecule has 0 fully saturated rings. The number of terminal acetylenes is 1. The van der Waals surface area contributed by atoms with E-state index in [0.29, 0.717) is 43.2 Å². The first-order valence-corrected chi connectivity index (χ1v) is 14.9. The van der Waals surface area contributed by atoms with Crippen LogP contribution in [0.3, 0.4) is 0 Å². The molecule has 42 heavy (non-hydrogen) atoms. The van der Waals surface area contributed by atoms with E-state index < -0.39 is 12.0 Å². The van der Waals surface area contributed by atoms with Gasteiger partial charge in [0.05, 0.1) is 39.5 Å². The second-order valence-electron chi connectivity index (χ2n) is 9.12. The lowest BCUT2D eigenvalue weighted by Gasteiger charge is -2.26. The molecule has 0 saturated heterocycles. The number of hydrogen-bond donors (Lipinski definition) is 0. The Bertz CT molecular complexity index is 1870. The van der Waals surface area contributed by atoms with Gasteiger partial charge < -0.3 is 14.2 Å². The molecule has 1 aliphatic rings.